The molecule has 1 aliphatic rings. The number of nitrogens with zero attached hydrogens (tertiary/aromatic N) is 1. The summed E-state index contributed by atoms with van der Waals surface area (Å²) in [4.78, 5) is 14.3. The van der Waals surface area contributed by atoms with Gasteiger partial charge in [-0.05, 0) is 49.4 Å². The number of hydrogen-bond acceptors (Lipinski definition) is 3. The zero-order valence-electron chi connectivity index (χ0n) is 15.4. The van der Waals surface area contributed by atoms with E-state index in [2.05, 4.69) is 19.2 Å². The molecule has 1 aromatic carbocycles. The van der Waals surface area contributed by atoms with Gasteiger partial charge in [0, 0.05) is 18.8 Å². The average Bonchev–Trinajstić information content (AvgIpc) is 2.60. The number of benzene rings is 1. The minimum absolute atomic E-state index is 0.166. The Bertz CT molecular complexity index is 493. The molecule has 24 heavy (non-hydrogen) atoms. The normalized spacial score (nSPS) is 15.3. The van der Waals surface area contributed by atoms with Crippen LogP contribution in [-0.2, 0) is 4.79 Å². The van der Waals surface area contributed by atoms with E-state index in [0.717, 1.165) is 37.3 Å². The van der Waals surface area contributed by atoms with E-state index < -0.39 is 0 Å². The number of carbonyl (C=O) groups excluding carboxylic acids is 1. The Balaban J connectivity index is 1.73. The maximum Gasteiger partial charge on any atom is 0.241 e. The van der Waals surface area contributed by atoms with E-state index in [-0.39, 0.29) is 5.91 Å². The Kier molecular flexibility index (Phi) is 7.41. The summed E-state index contributed by atoms with van der Waals surface area (Å²) in [5, 5.41) is 3.22. The summed E-state index contributed by atoms with van der Waals surface area (Å²) >= 11 is 0. The van der Waals surface area contributed by atoms with Crippen molar-refractivity contribution in [1.82, 2.24) is 4.90 Å². The number of nitrogens with one attached hydrogen (secondary N) is 1. The Morgan fingerprint density at radius 3 is 2.50 bits per heavy atom. The summed E-state index contributed by atoms with van der Waals surface area (Å²) in [7, 11) is 1.94. The lowest BCUT2D eigenvalue weighted by Crippen LogP contribution is -2.41. The van der Waals surface area contributed by atoms with Crippen LogP contribution in [0.4, 0.5) is 5.69 Å². The molecule has 1 N–H and O–H groups in total. The number of amides is 1. The number of hydrogen-bond donors (Lipinski definition) is 1. The smallest absolute Gasteiger partial charge is 0.241 e. The second kappa shape index (κ2) is 9.55. The van der Waals surface area contributed by atoms with Crippen molar-refractivity contribution < 1.29 is 9.53 Å². The van der Waals surface area contributed by atoms with E-state index in [0.29, 0.717) is 18.5 Å². The number of carbonyl (C=O) groups is 1. The molecule has 1 saturated carbocycles. The highest BCUT2D eigenvalue weighted by atomic mass is 16.5. The van der Waals surface area contributed by atoms with Gasteiger partial charge in [-0.25, -0.2) is 0 Å². The van der Waals surface area contributed by atoms with Crippen LogP contribution in [0.5, 0.6) is 5.75 Å². The predicted molar refractivity (Wildman–Crippen MR) is 99.5 cm³/mol. The molecule has 0 radical (unpaired) electrons. The van der Waals surface area contributed by atoms with E-state index in [4.69, 9.17) is 4.74 Å². The van der Waals surface area contributed by atoms with Crippen LogP contribution < -0.4 is 10.1 Å². The molecule has 4 nitrogen and oxygen atoms in total. The third-order valence-electron chi connectivity index (χ3n) is 4.78. The highest BCUT2D eigenvalue weighted by molar-refractivity contribution is 5.81. The number of rotatable bonds is 8. The number of likely N-dealkylation sites (N-methyl/N-ethyl adjacent to an activating group) is 1. The van der Waals surface area contributed by atoms with Crippen LogP contribution >= 0.6 is 0 Å². The van der Waals surface area contributed by atoms with Gasteiger partial charge in [-0.1, -0.05) is 33.1 Å². The standard InChI is InChI=1S/C20H32N2O2/c1-16(2)13-14-24-19-11-9-17(10-12-19)21-15-20(23)22(3)18-7-5-4-6-8-18/h9-12,16,18,21H,4-8,13-15H2,1-3H3. The van der Waals surface area contributed by atoms with Gasteiger partial charge in [0.25, 0.3) is 0 Å². The SMILES string of the molecule is CC(C)CCOc1ccc(NCC(=O)N(C)C2CCCCC2)cc1. The topological polar surface area (TPSA) is 41.6 Å². The van der Waals surface area contributed by atoms with Crippen LogP contribution in [0.2, 0.25) is 0 Å². The van der Waals surface area contributed by atoms with Crippen molar-refractivity contribution in [2.45, 2.75) is 58.4 Å². The molecule has 0 atom stereocenters. The van der Waals surface area contributed by atoms with E-state index in [1.165, 1.54) is 19.3 Å². The van der Waals surface area contributed by atoms with Crippen LogP contribution in [0.3, 0.4) is 0 Å². The fraction of sp³-hybridized carbons (Fsp3) is 0.650. The maximum atomic E-state index is 12.3. The van der Waals surface area contributed by atoms with Gasteiger partial charge in [0.2, 0.25) is 5.91 Å². The quantitative estimate of drug-likeness (QED) is 0.771. The molecule has 0 spiro atoms. The van der Waals surface area contributed by atoms with Gasteiger partial charge >= 0.3 is 0 Å². The number of anilines is 1. The van der Waals surface area contributed by atoms with Crippen molar-refractivity contribution in [3.8, 4) is 5.75 Å². The Labute approximate surface area is 146 Å². The molecule has 0 unspecified atom stereocenters. The lowest BCUT2D eigenvalue weighted by molar-refractivity contribution is -0.130. The Morgan fingerprint density at radius 2 is 1.88 bits per heavy atom. The first-order chi connectivity index (χ1) is 11.6. The average molecular weight is 332 g/mol. The third-order valence-corrected chi connectivity index (χ3v) is 4.78. The van der Waals surface area contributed by atoms with Crippen molar-refractivity contribution in [3.63, 3.8) is 0 Å². The van der Waals surface area contributed by atoms with Gasteiger partial charge in [-0.3, -0.25) is 4.79 Å². The van der Waals surface area contributed by atoms with Gasteiger partial charge in [0.1, 0.15) is 5.75 Å². The highest BCUT2D eigenvalue weighted by Crippen LogP contribution is 2.22. The van der Waals surface area contributed by atoms with Crippen LogP contribution in [0.1, 0.15) is 52.4 Å². The van der Waals surface area contributed by atoms with Crippen molar-refractivity contribution >= 4 is 11.6 Å². The molecular formula is C20H32N2O2. The largest absolute Gasteiger partial charge is 0.494 e. The van der Waals surface area contributed by atoms with Gasteiger partial charge in [-0.15, -0.1) is 0 Å². The van der Waals surface area contributed by atoms with Gasteiger partial charge in [0.15, 0.2) is 0 Å². The first-order valence-electron chi connectivity index (χ1n) is 9.28. The third kappa shape index (κ3) is 6.06. The molecule has 1 aromatic rings. The fourth-order valence-electron chi connectivity index (χ4n) is 3.06. The van der Waals surface area contributed by atoms with Gasteiger partial charge < -0.3 is 15.0 Å². The highest BCUT2D eigenvalue weighted by Gasteiger charge is 2.21. The molecule has 0 aromatic heterocycles. The second-order valence-corrected chi connectivity index (χ2v) is 7.21. The molecule has 1 fully saturated rings. The molecule has 2 rings (SSSR count). The molecule has 0 aliphatic heterocycles. The lowest BCUT2D eigenvalue weighted by Gasteiger charge is -2.31. The van der Waals surface area contributed by atoms with E-state index in [9.17, 15) is 4.79 Å². The molecule has 0 heterocycles. The molecule has 0 bridgehead atoms. The van der Waals surface area contributed by atoms with Crippen molar-refractivity contribution in [3.05, 3.63) is 24.3 Å². The molecule has 1 aliphatic carbocycles. The molecule has 0 saturated heterocycles. The Morgan fingerprint density at radius 1 is 1.21 bits per heavy atom. The molecule has 134 valence electrons. The summed E-state index contributed by atoms with van der Waals surface area (Å²) < 4.78 is 5.71. The first-order valence-corrected chi connectivity index (χ1v) is 9.28. The first kappa shape index (κ1) is 18.6. The van der Waals surface area contributed by atoms with Crippen LogP contribution in [-0.4, -0.2) is 37.0 Å². The Hall–Kier alpha value is -1.71. The monoisotopic (exact) mass is 332 g/mol. The summed E-state index contributed by atoms with van der Waals surface area (Å²) in [6.45, 7) is 5.48. The molecule has 1 amide bonds. The van der Waals surface area contributed by atoms with E-state index in [1.807, 2.05) is 36.2 Å². The van der Waals surface area contributed by atoms with Crippen LogP contribution in [0.25, 0.3) is 0 Å². The summed E-state index contributed by atoms with van der Waals surface area (Å²) in [6, 6.07) is 8.28. The van der Waals surface area contributed by atoms with Crippen molar-refractivity contribution in [2.75, 3.05) is 25.5 Å². The van der Waals surface area contributed by atoms with Crippen molar-refractivity contribution in [2.24, 2.45) is 5.92 Å². The van der Waals surface area contributed by atoms with E-state index in [1.54, 1.807) is 0 Å². The summed E-state index contributed by atoms with van der Waals surface area (Å²) in [5.41, 5.74) is 0.955. The summed E-state index contributed by atoms with van der Waals surface area (Å²) in [6.07, 6.45) is 7.14. The minimum Gasteiger partial charge on any atom is -0.494 e. The lowest BCUT2D eigenvalue weighted by atomic mass is 9.94. The van der Waals surface area contributed by atoms with E-state index >= 15 is 0 Å². The molecule has 4 heteroatoms. The van der Waals surface area contributed by atoms with Crippen LogP contribution in [0, 0.1) is 5.92 Å². The zero-order valence-corrected chi connectivity index (χ0v) is 15.4. The van der Waals surface area contributed by atoms with Crippen LogP contribution in [0.15, 0.2) is 24.3 Å². The zero-order chi connectivity index (χ0) is 17.4. The summed E-state index contributed by atoms with van der Waals surface area (Å²) in [5.74, 6) is 1.70. The maximum absolute atomic E-state index is 12.3. The predicted octanol–water partition coefficient (Wildman–Crippen LogP) is 4.31. The van der Waals surface area contributed by atoms with Gasteiger partial charge in [-0.2, -0.15) is 0 Å². The molecular weight excluding hydrogens is 300 g/mol. The van der Waals surface area contributed by atoms with Crippen molar-refractivity contribution in [1.29, 1.82) is 0 Å². The second-order valence-electron chi connectivity index (χ2n) is 7.21. The minimum atomic E-state index is 0.166. The fourth-order valence-corrected chi connectivity index (χ4v) is 3.06. The number of ether oxygens (including phenoxy) is 1. The van der Waals surface area contributed by atoms with Gasteiger partial charge in [0.05, 0.1) is 13.2 Å².